The van der Waals surface area contributed by atoms with E-state index in [1.54, 1.807) is 24.3 Å². The van der Waals surface area contributed by atoms with Gasteiger partial charge in [0, 0.05) is 30.1 Å². The van der Waals surface area contributed by atoms with Crippen LogP contribution >= 0.6 is 11.3 Å². The highest BCUT2D eigenvalue weighted by molar-refractivity contribution is 7.13. The van der Waals surface area contributed by atoms with Gasteiger partial charge in [-0.15, -0.1) is 11.3 Å². The number of anilines is 1. The smallest absolute Gasteiger partial charge is 0.347 e. The molecule has 0 aliphatic heterocycles. The zero-order chi connectivity index (χ0) is 21.0. The quantitative estimate of drug-likeness (QED) is 0.629. The first kappa shape index (κ1) is 20.5. The number of halogens is 3. The zero-order valence-electron chi connectivity index (χ0n) is 15.2. The number of nitrogens with zero attached hydrogens (tertiary/aromatic N) is 1. The summed E-state index contributed by atoms with van der Waals surface area (Å²) in [6.07, 6.45) is -4.45. The van der Waals surface area contributed by atoms with Gasteiger partial charge in [0.15, 0.2) is 0 Å². The molecule has 150 valence electrons. The largest absolute Gasteiger partial charge is 0.416 e. The van der Waals surface area contributed by atoms with Crippen molar-refractivity contribution in [1.29, 1.82) is 0 Å². The average molecular weight is 419 g/mol. The SMILES string of the molecule is CC(=O)Nc1cccc(CNC(=O)c2csc(-c3cccc(C(F)(F)F)c3)n2)c1. The topological polar surface area (TPSA) is 71.1 Å². The summed E-state index contributed by atoms with van der Waals surface area (Å²) in [6, 6.07) is 11.8. The Hall–Kier alpha value is -3.20. The van der Waals surface area contributed by atoms with E-state index in [2.05, 4.69) is 15.6 Å². The zero-order valence-corrected chi connectivity index (χ0v) is 16.0. The lowest BCUT2D eigenvalue weighted by molar-refractivity contribution is -0.137. The maximum Gasteiger partial charge on any atom is 0.416 e. The number of aromatic nitrogens is 1. The third-order valence-corrected chi connectivity index (χ3v) is 4.77. The van der Waals surface area contributed by atoms with E-state index in [9.17, 15) is 22.8 Å². The maximum atomic E-state index is 12.9. The first-order valence-corrected chi connectivity index (χ1v) is 9.38. The van der Waals surface area contributed by atoms with Crippen LogP contribution in [0.25, 0.3) is 10.6 Å². The van der Waals surface area contributed by atoms with Crippen LogP contribution in [0.4, 0.5) is 18.9 Å². The highest BCUT2D eigenvalue weighted by Gasteiger charge is 2.30. The second-order valence-electron chi connectivity index (χ2n) is 6.18. The second-order valence-corrected chi connectivity index (χ2v) is 7.04. The average Bonchev–Trinajstić information content (AvgIpc) is 3.16. The molecule has 0 saturated heterocycles. The van der Waals surface area contributed by atoms with Crippen molar-refractivity contribution in [3.8, 4) is 10.6 Å². The van der Waals surface area contributed by atoms with Crippen LogP contribution in [-0.4, -0.2) is 16.8 Å². The number of alkyl halides is 3. The summed E-state index contributed by atoms with van der Waals surface area (Å²) in [7, 11) is 0. The highest BCUT2D eigenvalue weighted by atomic mass is 32.1. The van der Waals surface area contributed by atoms with Crippen LogP contribution < -0.4 is 10.6 Å². The molecule has 2 aromatic carbocycles. The van der Waals surface area contributed by atoms with Gasteiger partial charge in [0.05, 0.1) is 5.56 Å². The van der Waals surface area contributed by atoms with Crippen molar-refractivity contribution >= 4 is 28.8 Å². The summed E-state index contributed by atoms with van der Waals surface area (Å²) in [6.45, 7) is 1.61. The van der Waals surface area contributed by atoms with Gasteiger partial charge in [0.2, 0.25) is 5.91 Å². The van der Waals surface area contributed by atoms with E-state index in [0.29, 0.717) is 16.3 Å². The fourth-order valence-electron chi connectivity index (χ4n) is 2.57. The van der Waals surface area contributed by atoms with E-state index in [4.69, 9.17) is 0 Å². The molecule has 9 heteroatoms. The number of benzene rings is 2. The van der Waals surface area contributed by atoms with Gasteiger partial charge >= 0.3 is 6.18 Å². The van der Waals surface area contributed by atoms with Crippen molar-refractivity contribution in [3.05, 3.63) is 70.7 Å². The van der Waals surface area contributed by atoms with Gasteiger partial charge in [-0.2, -0.15) is 13.2 Å². The summed E-state index contributed by atoms with van der Waals surface area (Å²) in [5.74, 6) is -0.639. The molecule has 1 heterocycles. The van der Waals surface area contributed by atoms with Crippen LogP contribution in [-0.2, 0) is 17.5 Å². The molecule has 0 bridgehead atoms. The van der Waals surface area contributed by atoms with E-state index in [-0.39, 0.29) is 18.1 Å². The third kappa shape index (κ3) is 5.41. The van der Waals surface area contributed by atoms with Crippen molar-refractivity contribution in [2.45, 2.75) is 19.6 Å². The Balaban J connectivity index is 1.68. The summed E-state index contributed by atoms with van der Waals surface area (Å²) in [5, 5.41) is 7.19. The van der Waals surface area contributed by atoms with Crippen LogP contribution in [0.1, 0.15) is 28.5 Å². The van der Waals surface area contributed by atoms with E-state index in [1.807, 2.05) is 0 Å². The molecule has 0 aliphatic carbocycles. The van der Waals surface area contributed by atoms with Crippen LogP contribution in [0.2, 0.25) is 0 Å². The minimum absolute atomic E-state index is 0.125. The minimum atomic E-state index is -4.45. The summed E-state index contributed by atoms with van der Waals surface area (Å²) >= 11 is 1.09. The molecule has 0 aliphatic rings. The molecule has 2 amide bonds. The number of amides is 2. The fourth-order valence-corrected chi connectivity index (χ4v) is 3.37. The van der Waals surface area contributed by atoms with Crippen molar-refractivity contribution in [1.82, 2.24) is 10.3 Å². The van der Waals surface area contributed by atoms with Gasteiger partial charge in [0.25, 0.3) is 5.91 Å². The molecular formula is C20H16F3N3O2S. The normalized spacial score (nSPS) is 11.2. The maximum absolute atomic E-state index is 12.9. The molecule has 3 aromatic rings. The minimum Gasteiger partial charge on any atom is -0.347 e. The van der Waals surface area contributed by atoms with E-state index in [0.717, 1.165) is 29.0 Å². The molecule has 0 radical (unpaired) electrons. The Morgan fingerprint density at radius 2 is 1.86 bits per heavy atom. The molecule has 0 unspecified atom stereocenters. The van der Waals surface area contributed by atoms with Crippen molar-refractivity contribution in [2.24, 2.45) is 0 Å². The lowest BCUT2D eigenvalue weighted by Gasteiger charge is -2.07. The Morgan fingerprint density at radius 1 is 1.10 bits per heavy atom. The predicted octanol–water partition coefficient (Wildman–Crippen LogP) is 4.72. The van der Waals surface area contributed by atoms with E-state index in [1.165, 1.54) is 24.4 Å². The van der Waals surface area contributed by atoms with Gasteiger partial charge in [-0.05, 0) is 29.8 Å². The molecule has 0 spiro atoms. The molecule has 3 rings (SSSR count). The first-order chi connectivity index (χ1) is 13.7. The van der Waals surface area contributed by atoms with Gasteiger partial charge in [-0.25, -0.2) is 4.98 Å². The highest BCUT2D eigenvalue weighted by Crippen LogP contribution is 2.33. The number of hydrogen-bond donors (Lipinski definition) is 2. The third-order valence-electron chi connectivity index (χ3n) is 3.87. The van der Waals surface area contributed by atoms with Crippen LogP contribution in [0.3, 0.4) is 0 Å². The molecule has 0 atom stereocenters. The molecule has 1 aromatic heterocycles. The molecule has 0 saturated carbocycles. The van der Waals surface area contributed by atoms with Gasteiger partial charge in [0.1, 0.15) is 10.7 Å². The Morgan fingerprint density at radius 3 is 2.59 bits per heavy atom. The lowest BCUT2D eigenvalue weighted by Crippen LogP contribution is -2.23. The van der Waals surface area contributed by atoms with Crippen LogP contribution in [0, 0.1) is 0 Å². The number of carbonyl (C=O) groups is 2. The van der Waals surface area contributed by atoms with Gasteiger partial charge in [-0.3, -0.25) is 9.59 Å². The van der Waals surface area contributed by atoms with Crippen molar-refractivity contribution in [3.63, 3.8) is 0 Å². The van der Waals surface area contributed by atoms with Crippen molar-refractivity contribution in [2.75, 3.05) is 5.32 Å². The van der Waals surface area contributed by atoms with Crippen LogP contribution in [0.15, 0.2) is 53.9 Å². The summed E-state index contributed by atoms with van der Waals surface area (Å²) < 4.78 is 38.6. The van der Waals surface area contributed by atoms with E-state index < -0.39 is 17.6 Å². The summed E-state index contributed by atoms with van der Waals surface area (Å²) in [4.78, 5) is 27.6. The van der Waals surface area contributed by atoms with Crippen molar-refractivity contribution < 1.29 is 22.8 Å². The second kappa shape index (κ2) is 8.44. The molecule has 5 nitrogen and oxygen atoms in total. The number of nitrogens with one attached hydrogen (secondary N) is 2. The molecular weight excluding hydrogens is 403 g/mol. The molecule has 29 heavy (non-hydrogen) atoms. The van der Waals surface area contributed by atoms with E-state index >= 15 is 0 Å². The molecule has 2 N–H and O–H groups in total. The Kier molecular flexibility index (Phi) is 5.97. The number of hydrogen-bond acceptors (Lipinski definition) is 4. The Labute approximate surface area is 168 Å². The molecule has 0 fully saturated rings. The number of thiazole rings is 1. The van der Waals surface area contributed by atoms with Gasteiger partial charge < -0.3 is 10.6 Å². The number of rotatable bonds is 5. The van der Waals surface area contributed by atoms with Gasteiger partial charge in [-0.1, -0.05) is 24.3 Å². The Bertz CT molecular complexity index is 1050. The lowest BCUT2D eigenvalue weighted by atomic mass is 10.1. The standard InChI is InChI=1S/C20H16F3N3O2S/c1-12(27)25-16-7-2-4-13(8-16)10-24-18(28)17-11-29-19(26-17)14-5-3-6-15(9-14)20(21,22)23/h2-9,11H,10H2,1H3,(H,24,28)(H,25,27). The predicted molar refractivity (Wildman–Crippen MR) is 104 cm³/mol. The summed E-state index contributed by atoms with van der Waals surface area (Å²) in [5.41, 5.74) is 1.05. The number of carbonyl (C=O) groups excluding carboxylic acids is 2. The van der Waals surface area contributed by atoms with Crippen LogP contribution in [0.5, 0.6) is 0 Å². The monoisotopic (exact) mass is 419 g/mol. The fraction of sp³-hybridized carbons (Fsp3) is 0.150. The first-order valence-electron chi connectivity index (χ1n) is 8.50.